The van der Waals surface area contributed by atoms with Crippen LogP contribution in [0.2, 0.25) is 0 Å². The van der Waals surface area contributed by atoms with Crippen molar-refractivity contribution in [3.05, 3.63) is 29.8 Å². The first-order chi connectivity index (χ1) is 11.5. The van der Waals surface area contributed by atoms with E-state index in [0.717, 1.165) is 6.42 Å². The maximum Gasteiger partial charge on any atom is 0.258 e. The summed E-state index contributed by atoms with van der Waals surface area (Å²) >= 11 is 0. The number of hydrogen-bond donors (Lipinski definition) is 1. The van der Waals surface area contributed by atoms with Crippen LogP contribution in [0.4, 0.5) is 0 Å². The number of phenols is 1. The predicted octanol–water partition coefficient (Wildman–Crippen LogP) is 1.63. The van der Waals surface area contributed by atoms with Gasteiger partial charge in [-0.2, -0.15) is 0 Å². The van der Waals surface area contributed by atoms with Crippen LogP contribution in [-0.2, 0) is 9.53 Å². The highest BCUT2D eigenvalue weighted by molar-refractivity contribution is 5.99. The molecule has 1 aromatic carbocycles. The summed E-state index contributed by atoms with van der Waals surface area (Å²) in [6.07, 6.45) is 1.46. The molecule has 1 N–H and O–H groups in total. The number of morpholine rings is 1. The normalized spacial score (nSPS) is 27.3. The number of ether oxygens (including phenoxy) is 1. The number of carbonyl (C=O) groups excluding carboxylic acids is 2. The summed E-state index contributed by atoms with van der Waals surface area (Å²) in [4.78, 5) is 29.1. The van der Waals surface area contributed by atoms with Gasteiger partial charge in [0.2, 0.25) is 5.91 Å². The molecule has 0 unspecified atom stereocenters. The molecule has 0 bridgehead atoms. The summed E-state index contributed by atoms with van der Waals surface area (Å²) in [6, 6.07) is 6.03. The number of likely N-dealkylation sites (tertiary alicyclic amines) is 1. The van der Waals surface area contributed by atoms with Crippen LogP contribution in [0.3, 0.4) is 0 Å². The first kappa shape index (κ1) is 16.8. The van der Waals surface area contributed by atoms with Gasteiger partial charge in [0.05, 0.1) is 17.8 Å². The molecule has 0 aromatic heterocycles. The molecule has 0 saturated carbocycles. The minimum Gasteiger partial charge on any atom is -0.507 e. The summed E-state index contributed by atoms with van der Waals surface area (Å²) in [7, 11) is 0. The lowest BCUT2D eigenvalue weighted by Gasteiger charge is -2.38. The molecule has 130 valence electrons. The maximum atomic E-state index is 12.9. The quantitative estimate of drug-likeness (QED) is 0.894. The lowest BCUT2D eigenvalue weighted by atomic mass is 10.1. The second-order valence-corrected chi connectivity index (χ2v) is 6.67. The highest BCUT2D eigenvalue weighted by Crippen LogP contribution is 2.26. The molecule has 2 aliphatic rings. The first-order valence-electron chi connectivity index (χ1n) is 8.50. The second kappa shape index (κ2) is 6.81. The Morgan fingerprint density at radius 3 is 2.50 bits per heavy atom. The Hall–Kier alpha value is -2.08. The molecule has 1 aromatic rings. The van der Waals surface area contributed by atoms with E-state index in [2.05, 4.69) is 0 Å². The number of hydrogen-bond acceptors (Lipinski definition) is 4. The van der Waals surface area contributed by atoms with Crippen LogP contribution < -0.4 is 0 Å². The molecule has 6 heteroatoms. The molecule has 0 aliphatic carbocycles. The van der Waals surface area contributed by atoms with Crippen LogP contribution in [0.25, 0.3) is 0 Å². The molecule has 2 heterocycles. The number of para-hydroxylation sites is 1. The van der Waals surface area contributed by atoms with Crippen LogP contribution >= 0.6 is 0 Å². The highest BCUT2D eigenvalue weighted by atomic mass is 16.5. The molecule has 0 radical (unpaired) electrons. The van der Waals surface area contributed by atoms with Gasteiger partial charge in [-0.3, -0.25) is 9.59 Å². The van der Waals surface area contributed by atoms with Gasteiger partial charge >= 0.3 is 0 Å². The van der Waals surface area contributed by atoms with Crippen molar-refractivity contribution in [1.29, 1.82) is 0 Å². The van der Waals surface area contributed by atoms with E-state index in [1.807, 2.05) is 13.8 Å². The fourth-order valence-electron chi connectivity index (χ4n) is 3.64. The maximum absolute atomic E-state index is 12.9. The SMILES string of the molecule is C[C@@H]1CN(C(=O)[C@@H]2CCCN2C(=O)c2ccccc2O)C[C@H](C)O1. The van der Waals surface area contributed by atoms with Crippen molar-refractivity contribution in [2.24, 2.45) is 0 Å². The molecule has 0 spiro atoms. The number of nitrogens with zero attached hydrogens (tertiary/aromatic N) is 2. The van der Waals surface area contributed by atoms with Crippen molar-refractivity contribution in [1.82, 2.24) is 9.80 Å². The van der Waals surface area contributed by atoms with Gasteiger partial charge < -0.3 is 19.6 Å². The summed E-state index contributed by atoms with van der Waals surface area (Å²) in [5, 5.41) is 9.92. The van der Waals surface area contributed by atoms with Crippen molar-refractivity contribution in [3.8, 4) is 5.75 Å². The number of phenolic OH excluding ortho intramolecular Hbond substituents is 1. The van der Waals surface area contributed by atoms with E-state index in [1.165, 1.54) is 6.07 Å². The Morgan fingerprint density at radius 2 is 1.83 bits per heavy atom. The molecule has 3 rings (SSSR count). The number of rotatable bonds is 2. The Morgan fingerprint density at radius 1 is 1.17 bits per heavy atom. The lowest BCUT2D eigenvalue weighted by Crippen LogP contribution is -2.54. The first-order valence-corrected chi connectivity index (χ1v) is 8.50. The van der Waals surface area contributed by atoms with Gasteiger partial charge in [0.25, 0.3) is 5.91 Å². The fraction of sp³-hybridized carbons (Fsp3) is 0.556. The zero-order chi connectivity index (χ0) is 17.3. The molecule has 2 amide bonds. The average molecular weight is 332 g/mol. The Balaban J connectivity index is 1.77. The third-order valence-corrected chi connectivity index (χ3v) is 4.66. The van der Waals surface area contributed by atoms with E-state index in [1.54, 1.807) is 28.0 Å². The van der Waals surface area contributed by atoms with E-state index in [9.17, 15) is 14.7 Å². The van der Waals surface area contributed by atoms with Gasteiger partial charge in [0.1, 0.15) is 11.8 Å². The zero-order valence-corrected chi connectivity index (χ0v) is 14.1. The standard InChI is InChI=1S/C18H24N2O4/c1-12-10-19(11-13(2)24-12)18(23)15-7-5-9-20(15)17(22)14-6-3-4-8-16(14)21/h3-4,6,8,12-13,15,21H,5,7,9-11H2,1-2H3/t12-,13+,15-/m0/s1. The van der Waals surface area contributed by atoms with Crippen molar-refractivity contribution in [3.63, 3.8) is 0 Å². The van der Waals surface area contributed by atoms with Gasteiger partial charge in [-0.05, 0) is 38.8 Å². The third-order valence-electron chi connectivity index (χ3n) is 4.66. The minimum atomic E-state index is -0.449. The average Bonchev–Trinajstić information content (AvgIpc) is 3.02. The van der Waals surface area contributed by atoms with Crippen molar-refractivity contribution in [2.75, 3.05) is 19.6 Å². The van der Waals surface area contributed by atoms with E-state index in [0.29, 0.717) is 26.1 Å². The predicted molar refractivity (Wildman–Crippen MR) is 88.8 cm³/mol. The van der Waals surface area contributed by atoms with Gasteiger partial charge in [-0.15, -0.1) is 0 Å². The molecule has 2 fully saturated rings. The van der Waals surface area contributed by atoms with Gasteiger partial charge in [-0.25, -0.2) is 0 Å². The summed E-state index contributed by atoms with van der Waals surface area (Å²) in [5.74, 6) is -0.342. The Bertz CT molecular complexity index is 623. The van der Waals surface area contributed by atoms with E-state index >= 15 is 0 Å². The van der Waals surface area contributed by atoms with Crippen molar-refractivity contribution < 1.29 is 19.4 Å². The number of benzene rings is 1. The van der Waals surface area contributed by atoms with Gasteiger partial charge in [0, 0.05) is 19.6 Å². The molecule has 3 atom stereocenters. The Labute approximate surface area is 142 Å². The monoisotopic (exact) mass is 332 g/mol. The number of aromatic hydroxyl groups is 1. The second-order valence-electron chi connectivity index (χ2n) is 6.67. The van der Waals surface area contributed by atoms with Gasteiger partial charge in [-0.1, -0.05) is 12.1 Å². The third kappa shape index (κ3) is 3.24. The number of carbonyl (C=O) groups is 2. The largest absolute Gasteiger partial charge is 0.507 e. The lowest BCUT2D eigenvalue weighted by molar-refractivity contribution is -0.147. The minimum absolute atomic E-state index is 0.00132. The van der Waals surface area contributed by atoms with Crippen LogP contribution in [-0.4, -0.2) is 64.6 Å². The molecular weight excluding hydrogens is 308 g/mol. The van der Waals surface area contributed by atoms with E-state index < -0.39 is 6.04 Å². The van der Waals surface area contributed by atoms with Crippen molar-refractivity contribution >= 4 is 11.8 Å². The molecule has 2 aliphatic heterocycles. The van der Waals surface area contributed by atoms with Crippen molar-refractivity contribution in [2.45, 2.75) is 44.9 Å². The van der Waals surface area contributed by atoms with Crippen LogP contribution in [0.15, 0.2) is 24.3 Å². The van der Waals surface area contributed by atoms with Crippen LogP contribution in [0.1, 0.15) is 37.0 Å². The van der Waals surface area contributed by atoms with E-state index in [-0.39, 0.29) is 35.3 Å². The topological polar surface area (TPSA) is 70.1 Å². The smallest absolute Gasteiger partial charge is 0.258 e. The Kier molecular flexibility index (Phi) is 4.76. The van der Waals surface area contributed by atoms with Crippen LogP contribution in [0, 0.1) is 0 Å². The summed E-state index contributed by atoms with van der Waals surface area (Å²) in [5.41, 5.74) is 0.251. The van der Waals surface area contributed by atoms with Crippen LogP contribution in [0.5, 0.6) is 5.75 Å². The summed E-state index contributed by atoms with van der Waals surface area (Å²) in [6.45, 7) is 5.56. The molecule has 24 heavy (non-hydrogen) atoms. The number of amides is 2. The van der Waals surface area contributed by atoms with E-state index in [4.69, 9.17) is 4.74 Å². The van der Waals surface area contributed by atoms with Gasteiger partial charge in [0.15, 0.2) is 0 Å². The summed E-state index contributed by atoms with van der Waals surface area (Å²) < 4.78 is 5.68. The zero-order valence-electron chi connectivity index (χ0n) is 14.1. The molecular formula is C18H24N2O4. The highest BCUT2D eigenvalue weighted by Gasteiger charge is 2.39. The molecule has 6 nitrogen and oxygen atoms in total. The molecule has 2 saturated heterocycles. The fourth-order valence-corrected chi connectivity index (χ4v) is 3.64.